The summed E-state index contributed by atoms with van der Waals surface area (Å²) in [6.07, 6.45) is 3.49. The average molecular weight is 396 g/mol. The summed E-state index contributed by atoms with van der Waals surface area (Å²) in [7, 11) is 0. The van der Waals surface area contributed by atoms with Crippen LogP contribution in [0.3, 0.4) is 0 Å². The van der Waals surface area contributed by atoms with E-state index >= 15 is 0 Å². The van der Waals surface area contributed by atoms with Gasteiger partial charge in [-0.05, 0) is 36.2 Å². The number of hydrogen-bond donors (Lipinski definition) is 2. The van der Waals surface area contributed by atoms with Crippen LogP contribution < -0.4 is 0 Å². The molecule has 6 heteroatoms. The molecule has 2 aromatic carbocycles. The second-order valence-corrected chi connectivity index (χ2v) is 7.49. The van der Waals surface area contributed by atoms with E-state index < -0.39 is 0 Å². The molecule has 1 aliphatic rings. The van der Waals surface area contributed by atoms with Crippen molar-refractivity contribution in [2.45, 2.75) is 19.5 Å². The molecule has 2 aromatic heterocycles. The van der Waals surface area contributed by atoms with Gasteiger partial charge in [-0.2, -0.15) is 5.10 Å². The first-order valence-electron chi connectivity index (χ1n) is 9.76. The van der Waals surface area contributed by atoms with E-state index in [1.165, 1.54) is 0 Å². The summed E-state index contributed by atoms with van der Waals surface area (Å²) in [5.74, 6) is 0.0150. The molecule has 0 bridgehead atoms. The Hall–Kier alpha value is -3.93. The highest BCUT2D eigenvalue weighted by Gasteiger charge is 2.42. The van der Waals surface area contributed by atoms with Crippen LogP contribution in [0, 0.1) is 6.92 Å². The molecule has 0 aliphatic carbocycles. The molecule has 4 aromatic rings. The van der Waals surface area contributed by atoms with Crippen molar-refractivity contribution in [3.8, 4) is 17.0 Å². The number of phenols is 1. The molecule has 1 aliphatic heterocycles. The Bertz CT molecular complexity index is 1220. The van der Waals surface area contributed by atoms with Crippen molar-refractivity contribution in [1.82, 2.24) is 20.1 Å². The lowest BCUT2D eigenvalue weighted by Gasteiger charge is -2.26. The number of fused-ring (bicyclic) bond motifs is 1. The number of aromatic amines is 1. The number of para-hydroxylation sites is 1. The number of carbonyl (C=O) groups is 1. The monoisotopic (exact) mass is 396 g/mol. The summed E-state index contributed by atoms with van der Waals surface area (Å²) in [6.45, 7) is 2.46. The number of hydrogen-bond acceptors (Lipinski definition) is 4. The van der Waals surface area contributed by atoms with Crippen LogP contribution in [0.4, 0.5) is 0 Å². The number of carbonyl (C=O) groups excluding carboxylic acids is 1. The van der Waals surface area contributed by atoms with E-state index in [1.807, 2.05) is 60.4 Å². The average Bonchev–Trinajstić information content (AvgIpc) is 3.30. The molecule has 1 amide bonds. The van der Waals surface area contributed by atoms with Crippen molar-refractivity contribution < 1.29 is 9.90 Å². The Morgan fingerprint density at radius 3 is 2.60 bits per heavy atom. The standard InChI is InChI=1S/C24H20N4O2/c1-15-8-10-17(11-9-15)23-20-21(18-6-2-3-7-19(18)29)26-27-22(20)24(30)28(23)14-16-5-4-12-25-13-16/h2-13,23,29H,14H2,1H3,(H,26,27)/t23-/m1/s1. The van der Waals surface area contributed by atoms with Crippen LogP contribution >= 0.6 is 0 Å². The lowest BCUT2D eigenvalue weighted by molar-refractivity contribution is 0.0730. The van der Waals surface area contributed by atoms with Crippen LogP contribution in [-0.4, -0.2) is 31.1 Å². The summed E-state index contributed by atoms with van der Waals surface area (Å²) in [6, 6.07) is 18.7. The van der Waals surface area contributed by atoms with Gasteiger partial charge in [0.2, 0.25) is 0 Å². The fourth-order valence-corrected chi connectivity index (χ4v) is 4.02. The molecular formula is C24H20N4O2. The predicted octanol–water partition coefficient (Wildman–Crippen LogP) is 4.23. The number of aromatic nitrogens is 3. The van der Waals surface area contributed by atoms with Crippen molar-refractivity contribution in [2.24, 2.45) is 0 Å². The van der Waals surface area contributed by atoms with Gasteiger partial charge in [-0.1, -0.05) is 48.0 Å². The number of nitrogens with zero attached hydrogens (tertiary/aromatic N) is 3. The number of aryl methyl sites for hydroxylation is 1. The molecule has 30 heavy (non-hydrogen) atoms. The van der Waals surface area contributed by atoms with E-state index in [1.54, 1.807) is 24.5 Å². The second kappa shape index (κ2) is 7.15. The summed E-state index contributed by atoms with van der Waals surface area (Å²) >= 11 is 0. The zero-order valence-corrected chi connectivity index (χ0v) is 16.4. The van der Waals surface area contributed by atoms with Gasteiger partial charge in [-0.3, -0.25) is 14.9 Å². The Morgan fingerprint density at radius 2 is 1.87 bits per heavy atom. The van der Waals surface area contributed by atoms with Gasteiger partial charge in [0, 0.05) is 30.1 Å². The van der Waals surface area contributed by atoms with E-state index in [0.717, 1.165) is 22.3 Å². The zero-order valence-electron chi connectivity index (χ0n) is 16.4. The number of nitrogens with one attached hydrogen (secondary N) is 1. The van der Waals surface area contributed by atoms with Gasteiger partial charge in [-0.15, -0.1) is 0 Å². The molecule has 0 spiro atoms. The van der Waals surface area contributed by atoms with Gasteiger partial charge in [-0.25, -0.2) is 0 Å². The van der Waals surface area contributed by atoms with Crippen molar-refractivity contribution in [3.05, 3.63) is 101 Å². The van der Waals surface area contributed by atoms with Crippen molar-refractivity contribution in [2.75, 3.05) is 0 Å². The Balaban J connectivity index is 1.67. The lowest BCUT2D eigenvalue weighted by atomic mass is 9.95. The first kappa shape index (κ1) is 18.1. The van der Waals surface area contributed by atoms with Crippen LogP contribution in [0.1, 0.15) is 38.8 Å². The van der Waals surface area contributed by atoms with E-state index in [0.29, 0.717) is 23.5 Å². The Kier molecular flexibility index (Phi) is 4.32. The molecule has 0 radical (unpaired) electrons. The third-order valence-electron chi connectivity index (χ3n) is 5.49. The molecule has 0 saturated carbocycles. The van der Waals surface area contributed by atoms with Crippen LogP contribution in [0.5, 0.6) is 5.75 Å². The molecule has 148 valence electrons. The van der Waals surface area contributed by atoms with Crippen LogP contribution in [0.15, 0.2) is 73.1 Å². The molecule has 6 nitrogen and oxygen atoms in total. The highest BCUT2D eigenvalue weighted by atomic mass is 16.3. The van der Waals surface area contributed by atoms with Crippen molar-refractivity contribution >= 4 is 5.91 Å². The smallest absolute Gasteiger partial charge is 0.273 e. The number of phenolic OH excluding ortho intramolecular Hbond substituents is 1. The number of aromatic hydroxyl groups is 1. The number of H-pyrrole nitrogens is 1. The van der Waals surface area contributed by atoms with Gasteiger partial charge >= 0.3 is 0 Å². The second-order valence-electron chi connectivity index (χ2n) is 7.49. The van der Waals surface area contributed by atoms with E-state index in [-0.39, 0.29) is 17.7 Å². The molecule has 2 N–H and O–H groups in total. The summed E-state index contributed by atoms with van der Waals surface area (Å²) in [5.41, 5.74) is 5.53. The maximum Gasteiger partial charge on any atom is 0.273 e. The minimum Gasteiger partial charge on any atom is -0.507 e. The number of rotatable bonds is 4. The van der Waals surface area contributed by atoms with Crippen molar-refractivity contribution in [3.63, 3.8) is 0 Å². The third-order valence-corrected chi connectivity index (χ3v) is 5.49. The van der Waals surface area contributed by atoms with E-state index in [2.05, 4.69) is 15.2 Å². The zero-order chi connectivity index (χ0) is 20.7. The van der Waals surface area contributed by atoms with E-state index in [4.69, 9.17) is 0 Å². The Morgan fingerprint density at radius 1 is 1.07 bits per heavy atom. The van der Waals surface area contributed by atoms with Gasteiger partial charge in [0.05, 0.1) is 6.04 Å². The first-order chi connectivity index (χ1) is 14.6. The first-order valence-corrected chi connectivity index (χ1v) is 9.76. The Labute approximate surface area is 173 Å². The molecular weight excluding hydrogens is 376 g/mol. The number of amides is 1. The summed E-state index contributed by atoms with van der Waals surface area (Å²) < 4.78 is 0. The summed E-state index contributed by atoms with van der Waals surface area (Å²) in [5, 5.41) is 17.7. The number of pyridine rings is 1. The quantitative estimate of drug-likeness (QED) is 0.541. The molecule has 0 unspecified atom stereocenters. The van der Waals surface area contributed by atoms with Crippen LogP contribution in [0.25, 0.3) is 11.3 Å². The normalized spacial score (nSPS) is 15.4. The molecule has 5 rings (SSSR count). The van der Waals surface area contributed by atoms with Gasteiger partial charge in [0.15, 0.2) is 0 Å². The molecule has 0 fully saturated rings. The minimum atomic E-state index is -0.318. The minimum absolute atomic E-state index is 0.117. The summed E-state index contributed by atoms with van der Waals surface area (Å²) in [4.78, 5) is 19.4. The highest BCUT2D eigenvalue weighted by Crippen LogP contribution is 2.44. The molecule has 3 heterocycles. The largest absolute Gasteiger partial charge is 0.507 e. The maximum absolute atomic E-state index is 13.4. The van der Waals surface area contributed by atoms with Crippen molar-refractivity contribution in [1.29, 1.82) is 0 Å². The third kappa shape index (κ3) is 2.93. The fourth-order valence-electron chi connectivity index (χ4n) is 4.02. The van der Waals surface area contributed by atoms with Gasteiger partial charge in [0.25, 0.3) is 5.91 Å². The lowest BCUT2D eigenvalue weighted by Crippen LogP contribution is -2.29. The fraction of sp³-hybridized carbons (Fsp3) is 0.125. The molecule has 0 saturated heterocycles. The van der Waals surface area contributed by atoms with Gasteiger partial charge in [0.1, 0.15) is 17.1 Å². The number of benzene rings is 2. The SMILES string of the molecule is Cc1ccc([C@@H]2c3c(-c4ccccc4O)n[nH]c3C(=O)N2Cc2cccnc2)cc1. The topological polar surface area (TPSA) is 82.1 Å². The van der Waals surface area contributed by atoms with Crippen LogP contribution in [-0.2, 0) is 6.54 Å². The molecule has 1 atom stereocenters. The van der Waals surface area contributed by atoms with E-state index in [9.17, 15) is 9.90 Å². The van der Waals surface area contributed by atoms with Crippen LogP contribution in [0.2, 0.25) is 0 Å². The predicted molar refractivity (Wildman–Crippen MR) is 113 cm³/mol. The highest BCUT2D eigenvalue weighted by molar-refractivity contribution is 6.00. The maximum atomic E-state index is 13.4. The van der Waals surface area contributed by atoms with Gasteiger partial charge < -0.3 is 10.0 Å².